The third-order valence-corrected chi connectivity index (χ3v) is 2.34. The summed E-state index contributed by atoms with van der Waals surface area (Å²) in [6, 6.07) is 10.2. The fourth-order valence-electron chi connectivity index (χ4n) is 1.46. The monoisotopic (exact) mass is 215 g/mol. The molecule has 2 rings (SSSR count). The van der Waals surface area contributed by atoms with E-state index in [1.807, 2.05) is 18.2 Å². The first-order valence-corrected chi connectivity index (χ1v) is 5.21. The topological polar surface area (TPSA) is 47.8 Å². The smallest absolute Gasteiger partial charge is 0.245 e. The van der Waals surface area contributed by atoms with E-state index in [2.05, 4.69) is 22.2 Å². The van der Waals surface area contributed by atoms with E-state index in [0.29, 0.717) is 5.82 Å². The van der Waals surface area contributed by atoms with E-state index in [-0.39, 0.29) is 5.91 Å². The lowest BCUT2D eigenvalue weighted by atomic mass is 10.1. The number of nitrogens with zero attached hydrogens (tertiary/aromatic N) is 3. The van der Waals surface area contributed by atoms with Crippen molar-refractivity contribution in [3.63, 3.8) is 0 Å². The number of carbonyl (C=O) groups is 1. The number of hydrogen-bond donors (Lipinski definition) is 0. The molecule has 16 heavy (non-hydrogen) atoms. The van der Waals surface area contributed by atoms with Crippen molar-refractivity contribution in [2.24, 2.45) is 0 Å². The highest BCUT2D eigenvalue weighted by Crippen LogP contribution is 2.03. The standard InChI is InChI=1S/C12H13N3O/c1-10(16)15-9-13-12(14-15)8-7-11-5-3-2-4-6-11/h2-6,9H,7-8H2,1H3. The maximum absolute atomic E-state index is 11.0. The summed E-state index contributed by atoms with van der Waals surface area (Å²) >= 11 is 0. The molecule has 82 valence electrons. The van der Waals surface area contributed by atoms with Gasteiger partial charge in [0.05, 0.1) is 0 Å². The Hall–Kier alpha value is -1.97. The van der Waals surface area contributed by atoms with Crippen LogP contribution in [-0.2, 0) is 12.8 Å². The van der Waals surface area contributed by atoms with Crippen LogP contribution in [0.2, 0.25) is 0 Å². The zero-order chi connectivity index (χ0) is 11.4. The van der Waals surface area contributed by atoms with Crippen molar-refractivity contribution in [1.29, 1.82) is 0 Å². The van der Waals surface area contributed by atoms with Crippen molar-refractivity contribution < 1.29 is 4.79 Å². The second kappa shape index (κ2) is 4.70. The molecule has 0 aliphatic heterocycles. The summed E-state index contributed by atoms with van der Waals surface area (Å²) in [5.41, 5.74) is 1.25. The van der Waals surface area contributed by atoms with Crippen LogP contribution < -0.4 is 0 Å². The lowest BCUT2D eigenvalue weighted by molar-refractivity contribution is 0.0920. The first kappa shape index (κ1) is 10.5. The van der Waals surface area contributed by atoms with Gasteiger partial charge in [0.15, 0.2) is 5.82 Å². The second-order valence-electron chi connectivity index (χ2n) is 3.61. The normalized spacial score (nSPS) is 10.3. The van der Waals surface area contributed by atoms with Crippen molar-refractivity contribution in [2.75, 3.05) is 0 Å². The Morgan fingerprint density at radius 1 is 1.25 bits per heavy atom. The van der Waals surface area contributed by atoms with Gasteiger partial charge in [-0.1, -0.05) is 30.3 Å². The van der Waals surface area contributed by atoms with Gasteiger partial charge in [-0.2, -0.15) is 4.68 Å². The Labute approximate surface area is 93.9 Å². The van der Waals surface area contributed by atoms with Crippen LogP contribution in [0, 0.1) is 0 Å². The molecule has 1 heterocycles. The maximum Gasteiger partial charge on any atom is 0.245 e. The molecular weight excluding hydrogens is 202 g/mol. The van der Waals surface area contributed by atoms with E-state index < -0.39 is 0 Å². The number of carbonyl (C=O) groups excluding carboxylic acids is 1. The van der Waals surface area contributed by atoms with Gasteiger partial charge in [-0.3, -0.25) is 4.79 Å². The van der Waals surface area contributed by atoms with Crippen LogP contribution in [0.25, 0.3) is 0 Å². The van der Waals surface area contributed by atoms with Crippen LogP contribution in [0.1, 0.15) is 23.1 Å². The molecule has 0 atom stereocenters. The van der Waals surface area contributed by atoms with Gasteiger partial charge in [-0.15, -0.1) is 5.10 Å². The Morgan fingerprint density at radius 3 is 2.62 bits per heavy atom. The molecule has 0 saturated carbocycles. The highest BCUT2D eigenvalue weighted by atomic mass is 16.2. The molecule has 0 radical (unpaired) electrons. The van der Waals surface area contributed by atoms with Crippen molar-refractivity contribution in [2.45, 2.75) is 19.8 Å². The highest BCUT2D eigenvalue weighted by molar-refractivity contribution is 5.74. The molecule has 0 aliphatic carbocycles. The van der Waals surface area contributed by atoms with E-state index in [1.54, 1.807) is 0 Å². The van der Waals surface area contributed by atoms with Crippen LogP contribution in [0.4, 0.5) is 0 Å². The number of aryl methyl sites for hydroxylation is 2. The van der Waals surface area contributed by atoms with Gasteiger partial charge < -0.3 is 0 Å². The molecule has 4 nitrogen and oxygen atoms in total. The summed E-state index contributed by atoms with van der Waals surface area (Å²) in [5, 5.41) is 4.08. The number of aromatic nitrogens is 3. The lowest BCUT2D eigenvalue weighted by Crippen LogP contribution is -2.06. The maximum atomic E-state index is 11.0. The number of hydrogen-bond acceptors (Lipinski definition) is 3. The van der Waals surface area contributed by atoms with Crippen molar-refractivity contribution in [3.8, 4) is 0 Å². The van der Waals surface area contributed by atoms with Crippen molar-refractivity contribution in [3.05, 3.63) is 48.0 Å². The average molecular weight is 215 g/mol. The quantitative estimate of drug-likeness (QED) is 0.783. The summed E-state index contributed by atoms with van der Waals surface area (Å²) in [6.07, 6.45) is 3.11. The fraction of sp³-hybridized carbons (Fsp3) is 0.250. The highest BCUT2D eigenvalue weighted by Gasteiger charge is 2.03. The predicted octanol–water partition coefficient (Wildman–Crippen LogP) is 1.72. The average Bonchev–Trinajstić information content (AvgIpc) is 2.76. The first-order valence-electron chi connectivity index (χ1n) is 5.21. The van der Waals surface area contributed by atoms with Crippen LogP contribution in [0.5, 0.6) is 0 Å². The molecule has 0 unspecified atom stereocenters. The molecule has 0 bridgehead atoms. The van der Waals surface area contributed by atoms with Crippen LogP contribution >= 0.6 is 0 Å². The van der Waals surface area contributed by atoms with Gasteiger partial charge >= 0.3 is 0 Å². The van der Waals surface area contributed by atoms with Crippen molar-refractivity contribution in [1.82, 2.24) is 14.8 Å². The minimum atomic E-state index is -0.113. The molecule has 1 aromatic heterocycles. The summed E-state index contributed by atoms with van der Waals surface area (Å²) in [5.74, 6) is 0.595. The van der Waals surface area contributed by atoms with Gasteiger partial charge in [-0.25, -0.2) is 4.98 Å². The largest absolute Gasteiger partial charge is 0.273 e. The van der Waals surface area contributed by atoms with Crippen LogP contribution in [0.3, 0.4) is 0 Å². The summed E-state index contributed by atoms with van der Waals surface area (Å²) in [4.78, 5) is 15.1. The van der Waals surface area contributed by atoms with E-state index in [9.17, 15) is 4.79 Å². The van der Waals surface area contributed by atoms with E-state index in [0.717, 1.165) is 12.8 Å². The van der Waals surface area contributed by atoms with E-state index >= 15 is 0 Å². The van der Waals surface area contributed by atoms with Gasteiger partial charge in [0, 0.05) is 13.3 Å². The molecule has 2 aromatic rings. The molecular formula is C12H13N3O. The minimum Gasteiger partial charge on any atom is -0.273 e. The van der Waals surface area contributed by atoms with Crippen molar-refractivity contribution >= 4 is 5.91 Å². The fourth-order valence-corrected chi connectivity index (χ4v) is 1.46. The van der Waals surface area contributed by atoms with Crippen LogP contribution in [-0.4, -0.2) is 20.7 Å². The molecule has 4 heteroatoms. The third kappa shape index (κ3) is 2.53. The lowest BCUT2D eigenvalue weighted by Gasteiger charge is -1.97. The molecule has 1 aromatic carbocycles. The SMILES string of the molecule is CC(=O)n1cnc(CCc2ccccc2)n1. The van der Waals surface area contributed by atoms with Gasteiger partial charge in [0.2, 0.25) is 5.91 Å². The van der Waals surface area contributed by atoms with E-state index in [4.69, 9.17) is 0 Å². The first-order chi connectivity index (χ1) is 7.75. The molecule has 0 N–H and O–H groups in total. The predicted molar refractivity (Wildman–Crippen MR) is 60.2 cm³/mol. The Morgan fingerprint density at radius 2 is 2.00 bits per heavy atom. The number of benzene rings is 1. The van der Waals surface area contributed by atoms with E-state index in [1.165, 1.54) is 23.5 Å². The molecule has 0 fully saturated rings. The third-order valence-electron chi connectivity index (χ3n) is 2.34. The molecule has 0 spiro atoms. The molecule has 0 aliphatic rings. The zero-order valence-corrected chi connectivity index (χ0v) is 9.13. The zero-order valence-electron chi connectivity index (χ0n) is 9.13. The Kier molecular flexibility index (Phi) is 3.10. The summed E-state index contributed by atoms with van der Waals surface area (Å²) in [7, 11) is 0. The molecule has 0 saturated heterocycles. The minimum absolute atomic E-state index is 0.113. The molecule has 0 amide bonds. The van der Waals surface area contributed by atoms with Crippen LogP contribution in [0.15, 0.2) is 36.7 Å². The Balaban J connectivity index is 1.97. The van der Waals surface area contributed by atoms with Gasteiger partial charge in [0.25, 0.3) is 0 Å². The Bertz CT molecular complexity index is 476. The second-order valence-corrected chi connectivity index (χ2v) is 3.61. The number of rotatable bonds is 3. The summed E-state index contributed by atoms with van der Waals surface area (Å²) < 4.78 is 1.26. The van der Waals surface area contributed by atoms with Gasteiger partial charge in [-0.05, 0) is 12.0 Å². The summed E-state index contributed by atoms with van der Waals surface area (Å²) in [6.45, 7) is 1.47. The van der Waals surface area contributed by atoms with Gasteiger partial charge in [0.1, 0.15) is 6.33 Å².